The molecule has 0 heterocycles. The average Bonchev–Trinajstić information content (AvgIpc) is 2.36. The minimum Gasteiger partial charge on any atom is -0.493 e. The smallest absolute Gasteiger partial charge is 0.303 e. The van der Waals surface area contributed by atoms with Crippen LogP contribution < -0.4 is 15.2 Å². The summed E-state index contributed by atoms with van der Waals surface area (Å²) in [4.78, 5) is 10.7. The fourth-order valence-electron chi connectivity index (χ4n) is 2.34. The molecular formula is C15H23NO4. The number of nitrogens with two attached hydrogens (primary N) is 1. The second-order valence-electron chi connectivity index (χ2n) is 5.11. The fraction of sp³-hybridized carbons (Fsp3) is 0.533. The molecule has 1 rings (SSSR count). The largest absolute Gasteiger partial charge is 0.493 e. The second kappa shape index (κ2) is 7.14. The highest BCUT2D eigenvalue weighted by Gasteiger charge is 2.18. The zero-order valence-electron chi connectivity index (χ0n) is 12.5. The Hall–Kier alpha value is -1.75. The van der Waals surface area contributed by atoms with Gasteiger partial charge in [-0.2, -0.15) is 0 Å². The molecule has 0 aliphatic heterocycles. The van der Waals surface area contributed by atoms with Crippen LogP contribution in [0.15, 0.2) is 12.1 Å². The number of hydrogen-bond acceptors (Lipinski definition) is 4. The molecule has 1 aromatic carbocycles. The van der Waals surface area contributed by atoms with E-state index in [1.165, 1.54) is 0 Å². The Labute approximate surface area is 119 Å². The Kier molecular flexibility index (Phi) is 5.82. The molecule has 20 heavy (non-hydrogen) atoms. The first-order chi connectivity index (χ1) is 9.38. The maximum atomic E-state index is 10.7. The molecule has 0 amide bonds. The van der Waals surface area contributed by atoms with Crippen molar-refractivity contribution in [3.05, 3.63) is 23.3 Å². The van der Waals surface area contributed by atoms with E-state index in [-0.39, 0.29) is 18.4 Å². The molecule has 0 saturated heterocycles. The summed E-state index contributed by atoms with van der Waals surface area (Å²) in [5, 5.41) is 8.80. The van der Waals surface area contributed by atoms with Gasteiger partial charge in [-0.25, -0.2) is 0 Å². The van der Waals surface area contributed by atoms with Gasteiger partial charge in [-0.05, 0) is 42.5 Å². The number of rotatable bonds is 7. The van der Waals surface area contributed by atoms with Crippen molar-refractivity contribution in [2.24, 2.45) is 11.7 Å². The molecule has 0 aromatic heterocycles. The molecule has 0 fully saturated rings. The van der Waals surface area contributed by atoms with Crippen LogP contribution in [0.3, 0.4) is 0 Å². The lowest BCUT2D eigenvalue weighted by Gasteiger charge is -2.20. The van der Waals surface area contributed by atoms with Crippen LogP contribution >= 0.6 is 0 Å². The van der Waals surface area contributed by atoms with Gasteiger partial charge in [0.05, 0.1) is 14.2 Å². The number of hydrogen-bond donors (Lipinski definition) is 2. The third kappa shape index (κ3) is 4.13. The molecule has 0 aliphatic carbocycles. The summed E-state index contributed by atoms with van der Waals surface area (Å²) < 4.78 is 10.5. The predicted octanol–water partition coefficient (Wildman–Crippen LogP) is 2.51. The summed E-state index contributed by atoms with van der Waals surface area (Å²) in [5.41, 5.74) is 8.17. The van der Waals surface area contributed by atoms with E-state index in [1.54, 1.807) is 14.2 Å². The van der Waals surface area contributed by atoms with Crippen LogP contribution in [0.25, 0.3) is 0 Å². The zero-order valence-corrected chi connectivity index (χ0v) is 12.5. The van der Waals surface area contributed by atoms with Gasteiger partial charge in [-0.1, -0.05) is 6.92 Å². The van der Waals surface area contributed by atoms with E-state index in [4.69, 9.17) is 20.3 Å². The molecular weight excluding hydrogens is 258 g/mol. The van der Waals surface area contributed by atoms with Crippen LogP contribution in [0.5, 0.6) is 11.5 Å². The van der Waals surface area contributed by atoms with Crippen LogP contribution in [0.1, 0.15) is 36.9 Å². The van der Waals surface area contributed by atoms with Gasteiger partial charge in [0.1, 0.15) is 0 Å². The van der Waals surface area contributed by atoms with Crippen molar-refractivity contribution in [1.82, 2.24) is 0 Å². The number of aliphatic carboxylic acids is 1. The van der Waals surface area contributed by atoms with Crippen LogP contribution in [-0.2, 0) is 4.79 Å². The van der Waals surface area contributed by atoms with Crippen molar-refractivity contribution in [2.45, 2.75) is 32.7 Å². The van der Waals surface area contributed by atoms with Crippen LogP contribution in [0.4, 0.5) is 0 Å². The predicted molar refractivity (Wildman–Crippen MR) is 77.2 cm³/mol. The summed E-state index contributed by atoms with van der Waals surface area (Å²) in [7, 11) is 3.17. The van der Waals surface area contributed by atoms with Gasteiger partial charge >= 0.3 is 5.97 Å². The first-order valence-electron chi connectivity index (χ1n) is 6.58. The van der Waals surface area contributed by atoms with Gasteiger partial charge in [0.15, 0.2) is 11.5 Å². The molecule has 0 spiro atoms. The molecule has 5 nitrogen and oxygen atoms in total. The summed E-state index contributed by atoms with van der Waals surface area (Å²) in [6, 6.07) is 3.53. The second-order valence-corrected chi connectivity index (χ2v) is 5.11. The van der Waals surface area contributed by atoms with Gasteiger partial charge in [-0.3, -0.25) is 4.79 Å². The minimum absolute atomic E-state index is 0.0231. The highest BCUT2D eigenvalue weighted by atomic mass is 16.5. The quantitative estimate of drug-likeness (QED) is 0.802. The topological polar surface area (TPSA) is 81.8 Å². The van der Waals surface area contributed by atoms with E-state index < -0.39 is 5.97 Å². The molecule has 0 radical (unpaired) electrons. The normalized spacial score (nSPS) is 13.7. The third-order valence-electron chi connectivity index (χ3n) is 3.35. The van der Waals surface area contributed by atoms with Gasteiger partial charge in [0, 0.05) is 12.5 Å². The number of carboxylic acid groups (broad SMARTS) is 1. The molecule has 1 aromatic rings. The van der Waals surface area contributed by atoms with Crippen molar-refractivity contribution < 1.29 is 19.4 Å². The first kappa shape index (κ1) is 16.3. The highest BCUT2D eigenvalue weighted by molar-refractivity contribution is 5.66. The Bertz CT molecular complexity index is 473. The Morgan fingerprint density at radius 2 is 1.85 bits per heavy atom. The maximum Gasteiger partial charge on any atom is 0.303 e. The number of carboxylic acids is 1. The van der Waals surface area contributed by atoms with Gasteiger partial charge in [0.25, 0.3) is 0 Å². The molecule has 5 heteroatoms. The van der Waals surface area contributed by atoms with E-state index in [2.05, 4.69) is 0 Å². The monoisotopic (exact) mass is 281 g/mol. The van der Waals surface area contributed by atoms with E-state index in [9.17, 15) is 4.79 Å². The van der Waals surface area contributed by atoms with Gasteiger partial charge in [-0.15, -0.1) is 0 Å². The minimum atomic E-state index is -0.797. The summed E-state index contributed by atoms with van der Waals surface area (Å²) in [5.74, 6) is 0.526. The molecule has 2 atom stereocenters. The van der Waals surface area contributed by atoms with Crippen LogP contribution in [-0.4, -0.2) is 25.3 Å². The molecule has 2 unspecified atom stereocenters. The van der Waals surface area contributed by atoms with Crippen LogP contribution in [0.2, 0.25) is 0 Å². The molecule has 0 bridgehead atoms. The van der Waals surface area contributed by atoms with Crippen molar-refractivity contribution in [3.63, 3.8) is 0 Å². The summed E-state index contributed by atoms with van der Waals surface area (Å²) in [6.07, 6.45) is 0.739. The third-order valence-corrected chi connectivity index (χ3v) is 3.35. The lowest BCUT2D eigenvalue weighted by atomic mass is 9.92. The molecule has 0 aliphatic rings. The Morgan fingerprint density at radius 1 is 1.30 bits per heavy atom. The van der Waals surface area contributed by atoms with Crippen molar-refractivity contribution in [3.8, 4) is 11.5 Å². The van der Waals surface area contributed by atoms with Gasteiger partial charge < -0.3 is 20.3 Å². The van der Waals surface area contributed by atoms with E-state index >= 15 is 0 Å². The van der Waals surface area contributed by atoms with Crippen molar-refractivity contribution >= 4 is 5.97 Å². The zero-order chi connectivity index (χ0) is 15.3. The SMILES string of the molecule is COc1cc(C)c(C(N)CC(C)CC(=O)O)cc1OC. The average molecular weight is 281 g/mol. The summed E-state index contributed by atoms with van der Waals surface area (Å²) in [6.45, 7) is 3.85. The fourth-order valence-corrected chi connectivity index (χ4v) is 2.34. The Morgan fingerprint density at radius 3 is 2.35 bits per heavy atom. The van der Waals surface area contributed by atoms with Crippen molar-refractivity contribution in [2.75, 3.05) is 14.2 Å². The number of carbonyl (C=O) groups is 1. The maximum absolute atomic E-state index is 10.7. The summed E-state index contributed by atoms with van der Waals surface area (Å²) >= 11 is 0. The Balaban J connectivity index is 2.92. The standard InChI is InChI=1S/C15H23NO4/c1-9(6-15(17)18)5-12(16)11-8-14(20-4)13(19-3)7-10(11)2/h7-9,12H,5-6,16H2,1-4H3,(H,17,18). The number of aryl methyl sites for hydroxylation is 1. The van der Waals surface area contributed by atoms with Crippen LogP contribution in [0, 0.1) is 12.8 Å². The molecule has 0 saturated carbocycles. The van der Waals surface area contributed by atoms with E-state index in [1.807, 2.05) is 26.0 Å². The molecule has 112 valence electrons. The number of benzene rings is 1. The molecule has 3 N–H and O–H groups in total. The lowest BCUT2D eigenvalue weighted by molar-refractivity contribution is -0.138. The lowest BCUT2D eigenvalue weighted by Crippen LogP contribution is -2.17. The first-order valence-corrected chi connectivity index (χ1v) is 6.58. The van der Waals surface area contributed by atoms with Gasteiger partial charge in [0.2, 0.25) is 0 Å². The van der Waals surface area contributed by atoms with Crippen molar-refractivity contribution in [1.29, 1.82) is 0 Å². The van der Waals surface area contributed by atoms with E-state index in [0.29, 0.717) is 17.9 Å². The highest BCUT2D eigenvalue weighted by Crippen LogP contribution is 2.34. The van der Waals surface area contributed by atoms with E-state index in [0.717, 1.165) is 11.1 Å². The number of ether oxygens (including phenoxy) is 2. The number of methoxy groups -OCH3 is 2.